The summed E-state index contributed by atoms with van der Waals surface area (Å²) in [5.41, 5.74) is 1.99. The maximum absolute atomic E-state index is 12.5. The van der Waals surface area contributed by atoms with E-state index in [-0.39, 0.29) is 5.91 Å². The zero-order valence-electron chi connectivity index (χ0n) is 16.4. The number of urea groups is 1. The lowest BCUT2D eigenvalue weighted by Crippen LogP contribution is -2.40. The number of benzene rings is 2. The average Bonchev–Trinajstić information content (AvgIpc) is 3.34. The topological polar surface area (TPSA) is 105 Å². The van der Waals surface area contributed by atoms with Gasteiger partial charge in [0.2, 0.25) is 0 Å². The molecule has 2 aromatic carbocycles. The van der Waals surface area contributed by atoms with Crippen LogP contribution in [0.5, 0.6) is 0 Å². The van der Waals surface area contributed by atoms with Crippen LogP contribution in [-0.2, 0) is 23.4 Å². The molecule has 1 unspecified atom stereocenters. The summed E-state index contributed by atoms with van der Waals surface area (Å²) in [6, 6.07) is 14.1. The van der Waals surface area contributed by atoms with E-state index in [0.29, 0.717) is 24.2 Å². The predicted molar refractivity (Wildman–Crippen MR) is 109 cm³/mol. The molecule has 1 aliphatic heterocycles. The Morgan fingerprint density at radius 1 is 1.13 bits per heavy atom. The van der Waals surface area contributed by atoms with Gasteiger partial charge in [-0.05, 0) is 35.7 Å². The molecule has 8 heteroatoms. The lowest BCUT2D eigenvalue weighted by atomic mass is 9.91. The quantitative estimate of drug-likeness (QED) is 0.547. The zero-order chi connectivity index (χ0) is 21.1. The molecule has 30 heavy (non-hydrogen) atoms. The Labute approximate surface area is 173 Å². The van der Waals surface area contributed by atoms with Crippen molar-refractivity contribution >= 4 is 17.8 Å². The van der Waals surface area contributed by atoms with E-state index < -0.39 is 17.5 Å². The molecule has 1 aromatic heterocycles. The molecule has 152 valence electrons. The Morgan fingerprint density at radius 2 is 1.93 bits per heavy atom. The van der Waals surface area contributed by atoms with Gasteiger partial charge in [-0.2, -0.15) is 0 Å². The number of carbonyl (C=O) groups is 3. The molecule has 0 bridgehead atoms. The second-order valence-corrected chi connectivity index (χ2v) is 7.35. The molecule has 4 rings (SSSR count). The van der Waals surface area contributed by atoms with Crippen molar-refractivity contribution in [2.24, 2.45) is 0 Å². The first-order valence-electron chi connectivity index (χ1n) is 9.50. The number of hydrogen-bond acceptors (Lipinski definition) is 4. The van der Waals surface area contributed by atoms with Crippen LogP contribution in [0, 0.1) is 0 Å². The summed E-state index contributed by atoms with van der Waals surface area (Å²) in [6.45, 7) is 2.64. The molecule has 4 amide bonds. The fourth-order valence-corrected chi connectivity index (χ4v) is 3.38. The molecule has 1 aliphatic rings. The van der Waals surface area contributed by atoms with Crippen molar-refractivity contribution in [3.05, 3.63) is 89.5 Å². The second-order valence-electron chi connectivity index (χ2n) is 7.35. The van der Waals surface area contributed by atoms with Crippen molar-refractivity contribution < 1.29 is 14.4 Å². The fraction of sp³-hybridized carbons (Fsp3) is 0.182. The number of nitrogens with zero attached hydrogens (tertiary/aromatic N) is 2. The summed E-state index contributed by atoms with van der Waals surface area (Å²) in [5.74, 6) is -0.586. The van der Waals surface area contributed by atoms with Crippen molar-refractivity contribution in [1.29, 1.82) is 0 Å². The number of amides is 4. The summed E-state index contributed by atoms with van der Waals surface area (Å²) in [6.07, 6.45) is 5.36. The van der Waals surface area contributed by atoms with Crippen LogP contribution in [0.15, 0.2) is 67.3 Å². The standard InChI is InChI=1S/C22H21N5O3/c1-22(20(29)25-21(30)26-22)18-4-2-3-16(11-18)12-24-19(28)17-7-5-15(6-8-17)13-27-10-9-23-14-27/h2-11,14H,12-13H2,1H3,(H,24,28)(H2,25,26,29,30). The molecular formula is C22H21N5O3. The smallest absolute Gasteiger partial charge is 0.322 e. The molecule has 2 heterocycles. The van der Waals surface area contributed by atoms with Gasteiger partial charge in [0.05, 0.1) is 6.33 Å². The Hall–Kier alpha value is -3.94. The maximum atomic E-state index is 12.5. The molecule has 1 fully saturated rings. The summed E-state index contributed by atoms with van der Waals surface area (Å²) in [4.78, 5) is 40.1. The Kier molecular flexibility index (Phi) is 5.05. The molecular weight excluding hydrogens is 382 g/mol. The van der Waals surface area contributed by atoms with Crippen LogP contribution in [0.1, 0.15) is 34.0 Å². The summed E-state index contributed by atoms with van der Waals surface area (Å²) in [7, 11) is 0. The van der Waals surface area contributed by atoms with E-state index >= 15 is 0 Å². The van der Waals surface area contributed by atoms with Gasteiger partial charge in [-0.3, -0.25) is 14.9 Å². The molecule has 1 atom stereocenters. The number of carbonyl (C=O) groups excluding carboxylic acids is 3. The third-order valence-electron chi connectivity index (χ3n) is 5.14. The van der Waals surface area contributed by atoms with Gasteiger partial charge >= 0.3 is 6.03 Å². The van der Waals surface area contributed by atoms with Crippen LogP contribution < -0.4 is 16.0 Å². The molecule has 0 spiro atoms. The van der Waals surface area contributed by atoms with Crippen LogP contribution in [0.4, 0.5) is 4.79 Å². The van der Waals surface area contributed by atoms with Gasteiger partial charge in [0, 0.05) is 31.0 Å². The molecule has 3 N–H and O–H groups in total. The predicted octanol–water partition coefficient (Wildman–Crippen LogP) is 1.92. The van der Waals surface area contributed by atoms with Crippen LogP contribution in [-0.4, -0.2) is 27.4 Å². The number of aromatic nitrogens is 2. The maximum Gasteiger partial charge on any atom is 0.322 e. The first-order chi connectivity index (χ1) is 14.4. The highest BCUT2D eigenvalue weighted by Gasteiger charge is 2.43. The number of hydrogen-bond donors (Lipinski definition) is 3. The van der Waals surface area contributed by atoms with E-state index in [1.165, 1.54) is 0 Å². The van der Waals surface area contributed by atoms with Gasteiger partial charge < -0.3 is 15.2 Å². The SMILES string of the molecule is CC1(c2cccc(CNC(=O)c3ccc(Cn4ccnc4)cc3)c2)NC(=O)NC1=O. The van der Waals surface area contributed by atoms with Crippen LogP contribution >= 0.6 is 0 Å². The van der Waals surface area contributed by atoms with Crippen molar-refractivity contribution in [3.63, 3.8) is 0 Å². The van der Waals surface area contributed by atoms with Crippen molar-refractivity contribution in [3.8, 4) is 0 Å². The zero-order valence-corrected chi connectivity index (χ0v) is 16.4. The average molecular weight is 403 g/mol. The van der Waals surface area contributed by atoms with Crippen molar-refractivity contribution in [2.75, 3.05) is 0 Å². The molecule has 0 aliphatic carbocycles. The van der Waals surface area contributed by atoms with Gasteiger partial charge in [-0.15, -0.1) is 0 Å². The van der Waals surface area contributed by atoms with Gasteiger partial charge in [-0.1, -0.05) is 36.4 Å². The number of rotatable bonds is 6. The fourth-order valence-electron chi connectivity index (χ4n) is 3.38. The van der Waals surface area contributed by atoms with Gasteiger partial charge in [-0.25, -0.2) is 9.78 Å². The second kappa shape index (κ2) is 7.82. The molecule has 1 saturated heterocycles. The van der Waals surface area contributed by atoms with Gasteiger partial charge in [0.15, 0.2) is 0 Å². The van der Waals surface area contributed by atoms with Gasteiger partial charge in [0.1, 0.15) is 5.54 Å². The highest BCUT2D eigenvalue weighted by Crippen LogP contribution is 2.25. The first-order valence-corrected chi connectivity index (χ1v) is 9.50. The minimum Gasteiger partial charge on any atom is -0.348 e. The normalized spacial score (nSPS) is 18.0. The van der Waals surface area contributed by atoms with E-state index in [4.69, 9.17) is 0 Å². The number of nitrogens with one attached hydrogen (secondary N) is 3. The Balaban J connectivity index is 1.39. The minimum atomic E-state index is -1.12. The monoisotopic (exact) mass is 403 g/mol. The Morgan fingerprint density at radius 3 is 2.60 bits per heavy atom. The van der Waals surface area contributed by atoms with E-state index in [1.54, 1.807) is 49.8 Å². The summed E-state index contributed by atoms with van der Waals surface area (Å²) < 4.78 is 1.95. The van der Waals surface area contributed by atoms with Crippen molar-refractivity contribution in [2.45, 2.75) is 25.6 Å². The molecule has 8 nitrogen and oxygen atoms in total. The van der Waals surface area contributed by atoms with E-state index in [9.17, 15) is 14.4 Å². The highest BCUT2D eigenvalue weighted by atomic mass is 16.2. The third-order valence-corrected chi connectivity index (χ3v) is 5.14. The van der Waals surface area contributed by atoms with E-state index in [2.05, 4.69) is 20.9 Å². The van der Waals surface area contributed by atoms with Crippen LogP contribution in [0.3, 0.4) is 0 Å². The van der Waals surface area contributed by atoms with Crippen LogP contribution in [0.2, 0.25) is 0 Å². The van der Waals surface area contributed by atoms with E-state index in [0.717, 1.165) is 11.1 Å². The Bertz CT molecular complexity index is 1090. The van der Waals surface area contributed by atoms with E-state index in [1.807, 2.05) is 29.0 Å². The van der Waals surface area contributed by atoms with Gasteiger partial charge in [0.25, 0.3) is 11.8 Å². The summed E-state index contributed by atoms with van der Waals surface area (Å²) in [5, 5.41) is 7.78. The van der Waals surface area contributed by atoms with Crippen LogP contribution in [0.25, 0.3) is 0 Å². The minimum absolute atomic E-state index is 0.187. The number of imidazole rings is 1. The first kappa shape index (κ1) is 19.4. The molecule has 0 radical (unpaired) electrons. The lowest BCUT2D eigenvalue weighted by Gasteiger charge is -2.21. The lowest BCUT2D eigenvalue weighted by molar-refractivity contribution is -0.123. The number of imide groups is 1. The largest absolute Gasteiger partial charge is 0.348 e. The highest BCUT2D eigenvalue weighted by molar-refractivity contribution is 6.07. The third kappa shape index (κ3) is 3.93. The summed E-state index contributed by atoms with van der Waals surface area (Å²) >= 11 is 0. The van der Waals surface area contributed by atoms with Crippen molar-refractivity contribution in [1.82, 2.24) is 25.5 Å². The molecule has 3 aromatic rings. The molecule has 0 saturated carbocycles.